The minimum Gasteiger partial charge on any atom is -0.328 e. The van der Waals surface area contributed by atoms with Gasteiger partial charge in [-0.2, -0.15) is 0 Å². The second kappa shape index (κ2) is 4.80. The topological polar surface area (TPSA) is 43.8 Å². The highest BCUT2D eigenvalue weighted by atomic mass is 32.1. The molecule has 2 N–H and O–H groups in total. The summed E-state index contributed by atoms with van der Waals surface area (Å²) in [6.45, 7) is 5.13. The van der Waals surface area contributed by atoms with Crippen molar-refractivity contribution in [2.24, 2.45) is 11.7 Å². The fraction of sp³-hybridized carbons (Fsp3) is 0.417. The predicted molar refractivity (Wildman–Crippen MR) is 67.4 cm³/mol. The van der Waals surface area contributed by atoms with Crippen molar-refractivity contribution in [2.75, 3.05) is 0 Å². The van der Waals surface area contributed by atoms with Crippen LogP contribution in [0, 0.1) is 5.92 Å². The Morgan fingerprint density at radius 3 is 2.94 bits per heavy atom. The van der Waals surface area contributed by atoms with Crippen LogP contribution in [0.5, 0.6) is 0 Å². The third kappa shape index (κ3) is 2.33. The number of nitrogens with zero attached hydrogens (tertiary/aromatic N) is 2. The molecule has 0 aromatic carbocycles. The number of hydrogen-bond acceptors (Lipinski definition) is 3. The van der Waals surface area contributed by atoms with E-state index in [1.165, 1.54) is 4.88 Å². The SMILES string of the molecule is CC(C)C(N)c1cncn1Cc1cccs1. The Hall–Kier alpha value is -1.13. The van der Waals surface area contributed by atoms with E-state index in [9.17, 15) is 0 Å². The van der Waals surface area contributed by atoms with Crippen molar-refractivity contribution in [3.8, 4) is 0 Å². The molecule has 0 radical (unpaired) electrons. The molecule has 0 saturated carbocycles. The number of thiophene rings is 1. The molecule has 86 valence electrons. The quantitative estimate of drug-likeness (QED) is 0.885. The van der Waals surface area contributed by atoms with Crippen molar-refractivity contribution in [3.05, 3.63) is 40.6 Å². The Morgan fingerprint density at radius 2 is 2.31 bits per heavy atom. The van der Waals surface area contributed by atoms with Crippen LogP contribution < -0.4 is 5.73 Å². The Morgan fingerprint density at radius 1 is 1.50 bits per heavy atom. The maximum Gasteiger partial charge on any atom is 0.0952 e. The lowest BCUT2D eigenvalue weighted by molar-refractivity contribution is 0.485. The summed E-state index contributed by atoms with van der Waals surface area (Å²) in [6, 6.07) is 4.26. The molecule has 0 spiro atoms. The Bertz CT molecular complexity index is 431. The van der Waals surface area contributed by atoms with Gasteiger partial charge in [0.2, 0.25) is 0 Å². The van der Waals surface area contributed by atoms with Gasteiger partial charge < -0.3 is 10.3 Å². The second-order valence-electron chi connectivity index (χ2n) is 4.30. The molecule has 0 aliphatic rings. The average Bonchev–Trinajstić information content (AvgIpc) is 2.88. The molecule has 0 amide bonds. The highest BCUT2D eigenvalue weighted by Crippen LogP contribution is 2.20. The Kier molecular flexibility index (Phi) is 3.41. The van der Waals surface area contributed by atoms with Crippen LogP contribution >= 0.6 is 11.3 Å². The normalized spacial score (nSPS) is 13.2. The first kappa shape index (κ1) is 11.4. The van der Waals surface area contributed by atoms with Gasteiger partial charge in [-0.3, -0.25) is 0 Å². The number of rotatable bonds is 4. The van der Waals surface area contributed by atoms with Crippen molar-refractivity contribution in [1.29, 1.82) is 0 Å². The molecule has 0 aliphatic heterocycles. The van der Waals surface area contributed by atoms with Crippen molar-refractivity contribution < 1.29 is 0 Å². The van der Waals surface area contributed by atoms with Gasteiger partial charge in [-0.05, 0) is 17.4 Å². The van der Waals surface area contributed by atoms with Crippen LogP contribution in [0.25, 0.3) is 0 Å². The first-order chi connectivity index (χ1) is 7.68. The zero-order valence-corrected chi connectivity index (χ0v) is 10.4. The summed E-state index contributed by atoms with van der Waals surface area (Å²) < 4.78 is 2.14. The van der Waals surface area contributed by atoms with E-state index in [1.807, 2.05) is 12.5 Å². The van der Waals surface area contributed by atoms with Crippen LogP contribution in [-0.4, -0.2) is 9.55 Å². The first-order valence-corrected chi connectivity index (χ1v) is 6.34. The smallest absolute Gasteiger partial charge is 0.0952 e. The lowest BCUT2D eigenvalue weighted by atomic mass is 10.0. The fourth-order valence-electron chi connectivity index (χ4n) is 1.65. The lowest BCUT2D eigenvalue weighted by Crippen LogP contribution is -2.20. The monoisotopic (exact) mass is 235 g/mol. The predicted octanol–water partition coefficient (Wildman–Crippen LogP) is 2.65. The van der Waals surface area contributed by atoms with Crippen LogP contribution in [-0.2, 0) is 6.54 Å². The van der Waals surface area contributed by atoms with Gasteiger partial charge in [-0.15, -0.1) is 11.3 Å². The van der Waals surface area contributed by atoms with E-state index in [0.29, 0.717) is 5.92 Å². The molecule has 0 bridgehead atoms. The van der Waals surface area contributed by atoms with Crippen LogP contribution in [0.4, 0.5) is 0 Å². The zero-order chi connectivity index (χ0) is 11.5. The molecule has 0 fully saturated rings. The number of aromatic nitrogens is 2. The highest BCUT2D eigenvalue weighted by Gasteiger charge is 2.15. The van der Waals surface area contributed by atoms with Crippen LogP contribution in [0.3, 0.4) is 0 Å². The van der Waals surface area contributed by atoms with E-state index in [0.717, 1.165) is 12.2 Å². The van der Waals surface area contributed by atoms with E-state index >= 15 is 0 Å². The lowest BCUT2D eigenvalue weighted by Gasteiger charge is -2.17. The van der Waals surface area contributed by atoms with E-state index in [-0.39, 0.29) is 6.04 Å². The average molecular weight is 235 g/mol. The van der Waals surface area contributed by atoms with Crippen molar-refractivity contribution in [3.63, 3.8) is 0 Å². The Labute approximate surface area is 99.9 Å². The molecular formula is C12H17N3S. The molecule has 16 heavy (non-hydrogen) atoms. The molecule has 3 nitrogen and oxygen atoms in total. The van der Waals surface area contributed by atoms with Crippen molar-refractivity contribution >= 4 is 11.3 Å². The molecule has 2 rings (SSSR count). The van der Waals surface area contributed by atoms with Gasteiger partial charge in [0, 0.05) is 17.1 Å². The van der Waals surface area contributed by atoms with Crippen LogP contribution in [0.2, 0.25) is 0 Å². The minimum absolute atomic E-state index is 0.0578. The van der Waals surface area contributed by atoms with E-state index in [4.69, 9.17) is 5.73 Å². The zero-order valence-electron chi connectivity index (χ0n) is 9.63. The van der Waals surface area contributed by atoms with E-state index in [2.05, 4.69) is 40.9 Å². The van der Waals surface area contributed by atoms with Gasteiger partial charge >= 0.3 is 0 Å². The van der Waals surface area contributed by atoms with Crippen LogP contribution in [0.15, 0.2) is 30.0 Å². The number of nitrogens with two attached hydrogens (primary N) is 1. The molecule has 4 heteroatoms. The third-order valence-corrected chi connectivity index (χ3v) is 3.57. The molecule has 1 unspecified atom stereocenters. The maximum absolute atomic E-state index is 6.15. The van der Waals surface area contributed by atoms with E-state index in [1.54, 1.807) is 11.3 Å². The van der Waals surface area contributed by atoms with Crippen molar-refractivity contribution in [1.82, 2.24) is 9.55 Å². The van der Waals surface area contributed by atoms with Crippen LogP contribution in [0.1, 0.15) is 30.5 Å². The standard InChI is InChI=1S/C12H17N3S/c1-9(2)12(13)11-6-14-8-15(11)7-10-4-3-5-16-10/h3-6,8-9,12H,7,13H2,1-2H3. The molecule has 0 aliphatic carbocycles. The highest BCUT2D eigenvalue weighted by molar-refractivity contribution is 7.09. The molecular weight excluding hydrogens is 218 g/mol. The Balaban J connectivity index is 2.19. The largest absolute Gasteiger partial charge is 0.328 e. The second-order valence-corrected chi connectivity index (χ2v) is 5.33. The molecule has 2 aromatic rings. The van der Waals surface area contributed by atoms with Gasteiger partial charge in [0.15, 0.2) is 0 Å². The van der Waals surface area contributed by atoms with E-state index < -0.39 is 0 Å². The summed E-state index contributed by atoms with van der Waals surface area (Å²) in [6.07, 6.45) is 3.73. The molecule has 0 saturated heterocycles. The fourth-order valence-corrected chi connectivity index (χ4v) is 2.36. The molecule has 1 atom stereocenters. The third-order valence-electron chi connectivity index (χ3n) is 2.71. The molecule has 2 aromatic heterocycles. The summed E-state index contributed by atoms with van der Waals surface area (Å²) in [5, 5.41) is 2.09. The minimum atomic E-state index is 0.0578. The summed E-state index contributed by atoms with van der Waals surface area (Å²) in [7, 11) is 0. The summed E-state index contributed by atoms with van der Waals surface area (Å²) >= 11 is 1.76. The molecule has 2 heterocycles. The van der Waals surface area contributed by atoms with Crippen molar-refractivity contribution in [2.45, 2.75) is 26.4 Å². The summed E-state index contributed by atoms with van der Waals surface area (Å²) in [5.74, 6) is 0.429. The van der Waals surface area contributed by atoms with Gasteiger partial charge in [0.1, 0.15) is 0 Å². The van der Waals surface area contributed by atoms with Gasteiger partial charge in [-0.1, -0.05) is 19.9 Å². The summed E-state index contributed by atoms with van der Waals surface area (Å²) in [5.41, 5.74) is 7.27. The number of hydrogen-bond donors (Lipinski definition) is 1. The van der Waals surface area contributed by atoms with Gasteiger partial charge in [0.05, 0.1) is 18.6 Å². The number of imidazole rings is 1. The first-order valence-electron chi connectivity index (χ1n) is 5.46. The summed E-state index contributed by atoms with van der Waals surface area (Å²) in [4.78, 5) is 5.52. The van der Waals surface area contributed by atoms with Gasteiger partial charge in [0.25, 0.3) is 0 Å². The van der Waals surface area contributed by atoms with Gasteiger partial charge in [-0.25, -0.2) is 4.98 Å². The maximum atomic E-state index is 6.15.